The van der Waals surface area contributed by atoms with Gasteiger partial charge in [-0.15, -0.1) is 0 Å². The summed E-state index contributed by atoms with van der Waals surface area (Å²) in [5.41, 5.74) is 5.33. The summed E-state index contributed by atoms with van der Waals surface area (Å²) in [6.07, 6.45) is -0.574. The maximum Gasteiger partial charge on any atom is 0.411 e. The highest BCUT2D eigenvalue weighted by Crippen LogP contribution is 2.44. The predicted octanol–water partition coefficient (Wildman–Crippen LogP) is 5.90. The Bertz CT molecular complexity index is 1280. The molecular weight excluding hydrogens is 390 g/mol. The highest BCUT2D eigenvalue weighted by atomic mass is 16.5. The molecule has 0 unspecified atom stereocenters. The fraction of sp³-hybridized carbons (Fsp3) is 0.0769. The summed E-state index contributed by atoms with van der Waals surface area (Å²) in [4.78, 5) is 24.1. The normalized spacial score (nSPS) is 12.3. The van der Waals surface area contributed by atoms with Gasteiger partial charge in [0.1, 0.15) is 6.61 Å². The molecule has 0 bridgehead atoms. The maximum atomic E-state index is 12.6. The number of rotatable bonds is 4. The number of anilines is 1. The Morgan fingerprint density at radius 3 is 2.06 bits per heavy atom. The van der Waals surface area contributed by atoms with E-state index in [-0.39, 0.29) is 18.1 Å². The van der Waals surface area contributed by atoms with Crippen molar-refractivity contribution in [2.24, 2.45) is 0 Å². The lowest BCUT2D eigenvalue weighted by Crippen LogP contribution is -2.18. The number of carboxylic acids is 1. The molecule has 0 heterocycles. The van der Waals surface area contributed by atoms with E-state index in [2.05, 4.69) is 29.6 Å². The van der Waals surface area contributed by atoms with Crippen molar-refractivity contribution in [3.05, 3.63) is 102 Å². The Morgan fingerprint density at radius 2 is 1.39 bits per heavy atom. The fourth-order valence-corrected chi connectivity index (χ4v) is 4.35. The molecular formula is C26H19NO4. The molecule has 152 valence electrons. The predicted molar refractivity (Wildman–Crippen MR) is 120 cm³/mol. The second-order valence-electron chi connectivity index (χ2n) is 7.46. The van der Waals surface area contributed by atoms with Crippen LogP contribution in [-0.4, -0.2) is 23.8 Å². The first-order valence-electron chi connectivity index (χ1n) is 10.0. The van der Waals surface area contributed by atoms with Gasteiger partial charge in [-0.3, -0.25) is 5.32 Å². The Balaban J connectivity index is 1.37. The average Bonchev–Trinajstić information content (AvgIpc) is 3.11. The van der Waals surface area contributed by atoms with Crippen LogP contribution in [0.15, 0.2) is 84.9 Å². The molecule has 1 amide bonds. The number of nitrogens with one attached hydrogen (secondary N) is 1. The third kappa shape index (κ3) is 3.30. The number of hydrogen-bond acceptors (Lipinski definition) is 3. The molecule has 1 aliphatic carbocycles. The lowest BCUT2D eigenvalue weighted by atomic mass is 9.98. The van der Waals surface area contributed by atoms with E-state index in [4.69, 9.17) is 4.74 Å². The first-order valence-corrected chi connectivity index (χ1v) is 10.0. The standard InChI is InChI=1S/C26H19NO4/c28-25(29)22-13-5-12-21-20(22)11-6-14-24(21)27-26(30)31-15-23-18-9-3-1-7-16(18)17-8-2-4-10-19(17)23/h1-14,23H,15H2,(H,27,30)(H,28,29). The van der Waals surface area contributed by atoms with E-state index in [9.17, 15) is 14.7 Å². The molecule has 0 atom stereocenters. The first kappa shape index (κ1) is 18.9. The van der Waals surface area contributed by atoms with E-state index in [1.54, 1.807) is 36.4 Å². The quantitative estimate of drug-likeness (QED) is 0.440. The van der Waals surface area contributed by atoms with Crippen LogP contribution in [0.5, 0.6) is 0 Å². The molecule has 0 fully saturated rings. The summed E-state index contributed by atoms with van der Waals surface area (Å²) in [6.45, 7) is 0.213. The van der Waals surface area contributed by atoms with Crippen molar-refractivity contribution in [1.82, 2.24) is 0 Å². The van der Waals surface area contributed by atoms with E-state index in [1.807, 2.05) is 24.3 Å². The zero-order chi connectivity index (χ0) is 21.4. The number of ether oxygens (including phenoxy) is 1. The molecule has 0 radical (unpaired) electrons. The Kier molecular flexibility index (Phi) is 4.64. The second-order valence-corrected chi connectivity index (χ2v) is 7.46. The number of aromatic carboxylic acids is 1. The third-order valence-corrected chi connectivity index (χ3v) is 5.73. The monoisotopic (exact) mass is 409 g/mol. The first-order chi connectivity index (χ1) is 15.1. The van der Waals surface area contributed by atoms with Gasteiger partial charge in [0.25, 0.3) is 0 Å². The zero-order valence-electron chi connectivity index (χ0n) is 16.5. The molecule has 4 aromatic rings. The van der Waals surface area contributed by atoms with Gasteiger partial charge in [-0.1, -0.05) is 72.8 Å². The van der Waals surface area contributed by atoms with E-state index < -0.39 is 12.1 Å². The van der Waals surface area contributed by atoms with Gasteiger partial charge in [-0.05, 0) is 39.8 Å². The molecule has 0 saturated heterocycles. The molecule has 5 rings (SSSR count). The van der Waals surface area contributed by atoms with Crippen LogP contribution < -0.4 is 5.32 Å². The SMILES string of the molecule is O=C(Nc1cccc2c(C(=O)O)cccc12)OCC1c2ccccc2-c2ccccc21. The zero-order valence-corrected chi connectivity index (χ0v) is 16.5. The molecule has 2 N–H and O–H groups in total. The lowest BCUT2D eigenvalue weighted by molar-refractivity contribution is 0.0699. The van der Waals surface area contributed by atoms with Crippen molar-refractivity contribution in [3.8, 4) is 11.1 Å². The highest BCUT2D eigenvalue weighted by Gasteiger charge is 2.29. The number of carboxylic acid groups (broad SMARTS) is 1. The molecule has 0 spiro atoms. The summed E-state index contributed by atoms with van der Waals surface area (Å²) in [5, 5.41) is 13.4. The number of hydrogen-bond donors (Lipinski definition) is 2. The van der Waals surface area contributed by atoms with Crippen LogP contribution in [0.1, 0.15) is 27.4 Å². The van der Waals surface area contributed by atoms with Crippen LogP contribution in [0, 0.1) is 0 Å². The Morgan fingerprint density at radius 1 is 0.774 bits per heavy atom. The molecule has 0 saturated carbocycles. The number of carbonyl (C=O) groups is 2. The van der Waals surface area contributed by atoms with Gasteiger partial charge in [-0.25, -0.2) is 9.59 Å². The number of fused-ring (bicyclic) bond motifs is 4. The van der Waals surface area contributed by atoms with Gasteiger partial charge < -0.3 is 9.84 Å². The topological polar surface area (TPSA) is 75.6 Å². The minimum Gasteiger partial charge on any atom is -0.478 e. The molecule has 5 heteroatoms. The van der Waals surface area contributed by atoms with E-state index in [1.165, 1.54) is 11.1 Å². The lowest BCUT2D eigenvalue weighted by Gasteiger charge is -2.15. The molecule has 0 aromatic heterocycles. The van der Waals surface area contributed by atoms with Gasteiger partial charge in [0, 0.05) is 11.3 Å². The van der Waals surface area contributed by atoms with Gasteiger partial charge in [0.15, 0.2) is 0 Å². The van der Waals surface area contributed by atoms with Crippen LogP contribution in [-0.2, 0) is 4.74 Å². The van der Waals surface area contributed by atoms with E-state index >= 15 is 0 Å². The van der Waals surface area contributed by atoms with Crippen molar-refractivity contribution >= 4 is 28.5 Å². The van der Waals surface area contributed by atoms with E-state index in [0.29, 0.717) is 16.5 Å². The highest BCUT2D eigenvalue weighted by molar-refractivity contribution is 6.09. The summed E-state index contributed by atoms with van der Waals surface area (Å²) in [6, 6.07) is 26.5. The molecule has 31 heavy (non-hydrogen) atoms. The van der Waals surface area contributed by atoms with Crippen molar-refractivity contribution in [2.75, 3.05) is 11.9 Å². The van der Waals surface area contributed by atoms with Gasteiger partial charge in [0.2, 0.25) is 0 Å². The van der Waals surface area contributed by atoms with Crippen molar-refractivity contribution in [3.63, 3.8) is 0 Å². The van der Waals surface area contributed by atoms with Crippen LogP contribution >= 0.6 is 0 Å². The number of benzene rings is 4. The van der Waals surface area contributed by atoms with Gasteiger partial charge in [0.05, 0.1) is 11.3 Å². The molecule has 1 aliphatic rings. The number of carbonyl (C=O) groups excluding carboxylic acids is 1. The smallest absolute Gasteiger partial charge is 0.411 e. The summed E-state index contributed by atoms with van der Waals surface area (Å²) in [5.74, 6) is -1.03. The molecule has 5 nitrogen and oxygen atoms in total. The molecule has 0 aliphatic heterocycles. The number of amides is 1. The average molecular weight is 409 g/mol. The van der Waals surface area contributed by atoms with Crippen molar-refractivity contribution in [2.45, 2.75) is 5.92 Å². The summed E-state index contributed by atoms with van der Waals surface area (Å²) in [7, 11) is 0. The minimum atomic E-state index is -1.01. The molecule has 4 aromatic carbocycles. The Hall–Kier alpha value is -4.12. The Labute approximate surface area is 178 Å². The summed E-state index contributed by atoms with van der Waals surface area (Å²) < 4.78 is 5.60. The van der Waals surface area contributed by atoms with Crippen LogP contribution in [0.4, 0.5) is 10.5 Å². The van der Waals surface area contributed by atoms with Crippen LogP contribution in [0.2, 0.25) is 0 Å². The third-order valence-electron chi connectivity index (χ3n) is 5.73. The van der Waals surface area contributed by atoms with Crippen LogP contribution in [0.3, 0.4) is 0 Å². The minimum absolute atomic E-state index is 0.0238. The van der Waals surface area contributed by atoms with Crippen LogP contribution in [0.25, 0.3) is 21.9 Å². The second kappa shape index (κ2) is 7.61. The van der Waals surface area contributed by atoms with Gasteiger partial charge in [-0.2, -0.15) is 0 Å². The van der Waals surface area contributed by atoms with E-state index in [0.717, 1.165) is 11.1 Å². The largest absolute Gasteiger partial charge is 0.478 e. The van der Waals surface area contributed by atoms with Gasteiger partial charge >= 0.3 is 12.1 Å². The fourth-order valence-electron chi connectivity index (χ4n) is 4.35. The summed E-state index contributed by atoms with van der Waals surface area (Å²) >= 11 is 0. The van der Waals surface area contributed by atoms with Crippen molar-refractivity contribution in [1.29, 1.82) is 0 Å². The van der Waals surface area contributed by atoms with Crippen molar-refractivity contribution < 1.29 is 19.4 Å². The maximum absolute atomic E-state index is 12.6.